The first-order chi connectivity index (χ1) is 13.0. The minimum atomic E-state index is -1.07. The molecule has 4 nitrogen and oxygen atoms in total. The molecule has 1 saturated carbocycles. The molecule has 0 unspecified atom stereocenters. The quantitative estimate of drug-likeness (QED) is 0.561. The Hall–Kier alpha value is -2.76. The Morgan fingerprint density at radius 3 is 2.37 bits per heavy atom. The van der Waals surface area contributed by atoms with Crippen molar-refractivity contribution in [1.82, 2.24) is 0 Å². The Bertz CT molecular complexity index is 857. The summed E-state index contributed by atoms with van der Waals surface area (Å²) in [7, 11) is 1.32. The van der Waals surface area contributed by atoms with Crippen LogP contribution in [0.4, 0.5) is 8.78 Å². The van der Waals surface area contributed by atoms with E-state index in [4.69, 9.17) is 9.47 Å². The van der Waals surface area contributed by atoms with E-state index in [1.54, 1.807) is 18.2 Å². The van der Waals surface area contributed by atoms with Crippen LogP contribution in [0.3, 0.4) is 0 Å². The summed E-state index contributed by atoms with van der Waals surface area (Å²) in [4.78, 5) is 25.1. The van der Waals surface area contributed by atoms with Gasteiger partial charge in [0.2, 0.25) is 0 Å². The summed E-state index contributed by atoms with van der Waals surface area (Å²) in [6.07, 6.45) is 2.50. The monoisotopic (exact) mass is 374 g/mol. The van der Waals surface area contributed by atoms with Gasteiger partial charge in [-0.25, -0.2) is 8.78 Å². The van der Waals surface area contributed by atoms with Gasteiger partial charge < -0.3 is 9.47 Å². The number of hydrogen-bond donors (Lipinski definition) is 0. The van der Waals surface area contributed by atoms with Crippen molar-refractivity contribution in [3.8, 4) is 5.75 Å². The first kappa shape index (κ1) is 19.0. The van der Waals surface area contributed by atoms with Gasteiger partial charge in [-0.1, -0.05) is 31.0 Å². The molecule has 0 aromatic heterocycles. The highest BCUT2D eigenvalue weighted by molar-refractivity contribution is 5.98. The number of rotatable bonds is 6. The van der Waals surface area contributed by atoms with Gasteiger partial charge in [-0.15, -0.1) is 0 Å². The van der Waals surface area contributed by atoms with Crippen molar-refractivity contribution in [3.05, 3.63) is 65.2 Å². The summed E-state index contributed by atoms with van der Waals surface area (Å²) in [5.41, 5.74) is -0.695. The number of ketones is 1. The van der Waals surface area contributed by atoms with Gasteiger partial charge in [0.1, 0.15) is 5.82 Å². The molecule has 1 aliphatic carbocycles. The molecule has 6 heteroatoms. The Morgan fingerprint density at radius 1 is 1.04 bits per heavy atom. The molecule has 0 radical (unpaired) electrons. The van der Waals surface area contributed by atoms with E-state index < -0.39 is 35.4 Å². The predicted molar refractivity (Wildman–Crippen MR) is 94.8 cm³/mol. The highest BCUT2D eigenvalue weighted by atomic mass is 19.1. The van der Waals surface area contributed by atoms with Crippen molar-refractivity contribution < 1.29 is 27.8 Å². The lowest BCUT2D eigenvalue weighted by atomic mass is 9.78. The summed E-state index contributed by atoms with van der Waals surface area (Å²) in [6.45, 7) is -0.527. The fourth-order valence-electron chi connectivity index (χ4n) is 3.60. The summed E-state index contributed by atoms with van der Waals surface area (Å²) >= 11 is 0. The third-order valence-electron chi connectivity index (χ3n) is 5.05. The molecular formula is C21H20F2O4. The summed E-state index contributed by atoms with van der Waals surface area (Å²) in [6, 6.07) is 9.92. The van der Waals surface area contributed by atoms with Gasteiger partial charge >= 0.3 is 5.97 Å². The van der Waals surface area contributed by atoms with E-state index in [1.165, 1.54) is 25.3 Å². The van der Waals surface area contributed by atoms with Crippen LogP contribution in [0, 0.1) is 11.6 Å². The maximum Gasteiger partial charge on any atom is 0.317 e. The van der Waals surface area contributed by atoms with E-state index in [0.29, 0.717) is 18.4 Å². The molecule has 0 atom stereocenters. The van der Waals surface area contributed by atoms with Gasteiger partial charge in [-0.3, -0.25) is 9.59 Å². The van der Waals surface area contributed by atoms with Crippen LogP contribution in [-0.2, 0) is 14.9 Å². The van der Waals surface area contributed by atoms with Crippen LogP contribution in [0.5, 0.6) is 5.75 Å². The number of ether oxygens (including phenoxy) is 2. The van der Waals surface area contributed by atoms with Crippen molar-refractivity contribution in [2.75, 3.05) is 13.7 Å². The second kappa shape index (κ2) is 7.86. The van der Waals surface area contributed by atoms with Gasteiger partial charge in [-0.05, 0) is 37.1 Å². The third kappa shape index (κ3) is 3.70. The van der Waals surface area contributed by atoms with E-state index in [0.717, 1.165) is 18.9 Å². The maximum absolute atomic E-state index is 14.3. The van der Waals surface area contributed by atoms with E-state index >= 15 is 0 Å². The first-order valence-corrected chi connectivity index (χ1v) is 8.77. The number of Topliss-reactive ketones (excluding diaryl/α,β-unsaturated/α-hetero) is 1. The SMILES string of the molecule is COc1ccc(C(=O)COC(=O)C2(c3ccccc3F)CCCC2)cc1F. The molecule has 142 valence electrons. The zero-order chi connectivity index (χ0) is 19.4. The number of benzene rings is 2. The summed E-state index contributed by atoms with van der Waals surface area (Å²) < 4.78 is 38.1. The fourth-order valence-corrected chi connectivity index (χ4v) is 3.60. The molecule has 27 heavy (non-hydrogen) atoms. The van der Waals surface area contributed by atoms with Gasteiger partial charge in [-0.2, -0.15) is 0 Å². The zero-order valence-corrected chi connectivity index (χ0v) is 15.0. The Kier molecular flexibility index (Phi) is 5.54. The van der Waals surface area contributed by atoms with E-state index in [1.807, 2.05) is 0 Å². The van der Waals surface area contributed by atoms with Gasteiger partial charge in [0.25, 0.3) is 0 Å². The van der Waals surface area contributed by atoms with E-state index in [2.05, 4.69) is 0 Å². The molecule has 0 amide bonds. The second-order valence-electron chi connectivity index (χ2n) is 6.62. The lowest BCUT2D eigenvalue weighted by Crippen LogP contribution is -2.36. The molecule has 0 spiro atoms. The van der Waals surface area contributed by atoms with Crippen molar-refractivity contribution in [2.24, 2.45) is 0 Å². The predicted octanol–water partition coefficient (Wildman–Crippen LogP) is 4.21. The fraction of sp³-hybridized carbons (Fsp3) is 0.333. The van der Waals surface area contributed by atoms with Crippen LogP contribution in [0.1, 0.15) is 41.6 Å². The molecule has 0 bridgehead atoms. The second-order valence-corrected chi connectivity index (χ2v) is 6.62. The maximum atomic E-state index is 14.3. The highest BCUT2D eigenvalue weighted by Gasteiger charge is 2.45. The van der Waals surface area contributed by atoms with Crippen molar-refractivity contribution in [1.29, 1.82) is 0 Å². The van der Waals surface area contributed by atoms with E-state index in [9.17, 15) is 18.4 Å². The van der Waals surface area contributed by atoms with Crippen molar-refractivity contribution >= 4 is 11.8 Å². The largest absolute Gasteiger partial charge is 0.494 e. The molecule has 2 aromatic carbocycles. The van der Waals surface area contributed by atoms with Crippen LogP contribution >= 0.6 is 0 Å². The Balaban J connectivity index is 1.75. The van der Waals surface area contributed by atoms with Gasteiger partial charge in [0.15, 0.2) is 24.0 Å². The normalized spacial score (nSPS) is 15.4. The molecule has 0 heterocycles. The lowest BCUT2D eigenvalue weighted by molar-refractivity contribution is -0.149. The number of esters is 1. The molecule has 1 aliphatic rings. The van der Waals surface area contributed by atoms with Gasteiger partial charge in [0, 0.05) is 11.1 Å². The number of carbonyl (C=O) groups excluding carboxylic acids is 2. The molecule has 0 aliphatic heterocycles. The average Bonchev–Trinajstić information content (AvgIpc) is 3.17. The lowest BCUT2D eigenvalue weighted by Gasteiger charge is -2.27. The van der Waals surface area contributed by atoms with Crippen molar-refractivity contribution in [3.63, 3.8) is 0 Å². The van der Waals surface area contributed by atoms with Crippen LogP contribution in [0.15, 0.2) is 42.5 Å². The number of halogens is 2. The van der Waals surface area contributed by atoms with Crippen LogP contribution < -0.4 is 4.74 Å². The summed E-state index contributed by atoms with van der Waals surface area (Å²) in [5.74, 6) is -2.26. The number of hydrogen-bond acceptors (Lipinski definition) is 4. The molecule has 2 aromatic rings. The summed E-state index contributed by atoms with van der Waals surface area (Å²) in [5, 5.41) is 0. The zero-order valence-electron chi connectivity index (χ0n) is 15.0. The third-order valence-corrected chi connectivity index (χ3v) is 5.05. The number of methoxy groups -OCH3 is 1. The minimum absolute atomic E-state index is 0.0213. The van der Waals surface area contributed by atoms with Crippen LogP contribution in [0.2, 0.25) is 0 Å². The van der Waals surface area contributed by atoms with Crippen molar-refractivity contribution in [2.45, 2.75) is 31.1 Å². The van der Waals surface area contributed by atoms with E-state index in [-0.39, 0.29) is 11.3 Å². The number of carbonyl (C=O) groups is 2. The molecule has 1 fully saturated rings. The smallest absolute Gasteiger partial charge is 0.317 e. The molecule has 0 saturated heterocycles. The first-order valence-electron chi connectivity index (χ1n) is 8.77. The standard InChI is InChI=1S/C21H20F2O4/c1-26-19-9-8-14(12-17(19)23)18(24)13-27-20(25)21(10-4-5-11-21)15-6-2-3-7-16(15)22/h2-3,6-9,12H,4-5,10-11,13H2,1H3. The van der Waals surface area contributed by atoms with Gasteiger partial charge in [0.05, 0.1) is 12.5 Å². The topological polar surface area (TPSA) is 52.6 Å². The molecule has 3 rings (SSSR count). The highest BCUT2D eigenvalue weighted by Crippen LogP contribution is 2.43. The Morgan fingerprint density at radius 2 is 1.74 bits per heavy atom. The molecule has 0 N–H and O–H groups in total. The molecular weight excluding hydrogens is 354 g/mol. The minimum Gasteiger partial charge on any atom is -0.494 e. The van der Waals surface area contributed by atoms with Crippen LogP contribution in [-0.4, -0.2) is 25.5 Å². The Labute approximate surface area is 156 Å². The van der Waals surface area contributed by atoms with Crippen LogP contribution in [0.25, 0.3) is 0 Å². The average molecular weight is 374 g/mol.